The van der Waals surface area contributed by atoms with Crippen LogP contribution in [-0.4, -0.2) is 18.0 Å². The van der Waals surface area contributed by atoms with Crippen LogP contribution < -0.4 is 10.1 Å². The highest BCUT2D eigenvalue weighted by Gasteiger charge is 2.05. The summed E-state index contributed by atoms with van der Waals surface area (Å²) >= 11 is 1.60. The van der Waals surface area contributed by atoms with E-state index in [2.05, 4.69) is 10.3 Å². The van der Waals surface area contributed by atoms with Gasteiger partial charge >= 0.3 is 0 Å². The Bertz CT molecular complexity index is 566. The second-order valence-electron chi connectivity index (χ2n) is 4.15. The molecular weight excluding hydrogens is 260 g/mol. The number of nitrogens with one attached hydrogen (secondary N) is 1. The van der Waals surface area contributed by atoms with Crippen molar-refractivity contribution >= 4 is 17.2 Å². The third-order valence-electron chi connectivity index (χ3n) is 2.63. The fraction of sp³-hybridized carbons (Fsp3) is 0.286. The summed E-state index contributed by atoms with van der Waals surface area (Å²) in [5, 5.41) is 3.90. The molecule has 4 nitrogen and oxygen atoms in total. The fourth-order valence-electron chi connectivity index (χ4n) is 1.70. The number of carbonyl (C=O) groups excluding carboxylic acids is 1. The Labute approximate surface area is 116 Å². The van der Waals surface area contributed by atoms with Crippen molar-refractivity contribution < 1.29 is 9.53 Å². The van der Waals surface area contributed by atoms with E-state index in [4.69, 9.17) is 4.74 Å². The molecule has 0 aliphatic heterocycles. The van der Waals surface area contributed by atoms with Gasteiger partial charge in [0.25, 0.3) is 0 Å². The number of methoxy groups -OCH3 is 1. The summed E-state index contributed by atoms with van der Waals surface area (Å²) in [6, 6.07) is 7.53. The Morgan fingerprint density at radius 3 is 3.00 bits per heavy atom. The maximum Gasteiger partial charge on any atom is 0.224 e. The van der Waals surface area contributed by atoms with Crippen molar-refractivity contribution in [2.24, 2.45) is 0 Å². The van der Waals surface area contributed by atoms with Gasteiger partial charge < -0.3 is 10.1 Å². The van der Waals surface area contributed by atoms with Crippen molar-refractivity contribution in [2.45, 2.75) is 19.9 Å². The minimum Gasteiger partial charge on any atom is -0.497 e. The number of amides is 1. The molecule has 0 spiro atoms. The van der Waals surface area contributed by atoms with E-state index in [1.807, 2.05) is 31.2 Å². The smallest absolute Gasteiger partial charge is 0.224 e. The van der Waals surface area contributed by atoms with Crippen LogP contribution in [0.1, 0.15) is 15.4 Å². The largest absolute Gasteiger partial charge is 0.497 e. The molecule has 2 aromatic rings. The molecule has 1 aromatic heterocycles. The molecule has 0 fully saturated rings. The minimum atomic E-state index is -0.000642. The van der Waals surface area contributed by atoms with Gasteiger partial charge in [0.15, 0.2) is 0 Å². The lowest BCUT2D eigenvalue weighted by Crippen LogP contribution is -2.24. The van der Waals surface area contributed by atoms with Crippen molar-refractivity contribution in [3.05, 3.63) is 45.9 Å². The highest BCUT2D eigenvalue weighted by Crippen LogP contribution is 2.13. The molecule has 1 amide bonds. The SMILES string of the molecule is COc1cccc(CC(=O)NCc2cnc(C)s2)c1. The van der Waals surface area contributed by atoms with Gasteiger partial charge in [-0.05, 0) is 24.6 Å². The molecular formula is C14H16N2O2S. The number of nitrogens with zero attached hydrogens (tertiary/aromatic N) is 1. The predicted octanol–water partition coefficient (Wildman–Crippen LogP) is 2.32. The van der Waals surface area contributed by atoms with Gasteiger partial charge in [0.05, 0.1) is 25.1 Å². The van der Waals surface area contributed by atoms with Gasteiger partial charge in [-0.15, -0.1) is 11.3 Å². The minimum absolute atomic E-state index is 0.000642. The molecule has 5 heteroatoms. The van der Waals surface area contributed by atoms with Crippen molar-refractivity contribution in [3.8, 4) is 5.75 Å². The summed E-state index contributed by atoms with van der Waals surface area (Å²) in [5.41, 5.74) is 0.942. The van der Waals surface area contributed by atoms with E-state index in [0.717, 1.165) is 21.2 Å². The summed E-state index contributed by atoms with van der Waals surface area (Å²) in [5.74, 6) is 0.766. The van der Waals surface area contributed by atoms with Crippen LogP contribution in [0.3, 0.4) is 0 Å². The van der Waals surface area contributed by atoms with Gasteiger partial charge in [-0.1, -0.05) is 12.1 Å². The zero-order chi connectivity index (χ0) is 13.7. The monoisotopic (exact) mass is 276 g/mol. The first-order valence-electron chi connectivity index (χ1n) is 5.98. The van der Waals surface area contributed by atoms with Crippen LogP contribution in [0.25, 0.3) is 0 Å². The van der Waals surface area contributed by atoms with Gasteiger partial charge in [0.1, 0.15) is 5.75 Å². The quantitative estimate of drug-likeness (QED) is 0.911. The second-order valence-corrected chi connectivity index (χ2v) is 5.47. The number of thiazole rings is 1. The van der Waals surface area contributed by atoms with Crippen LogP contribution in [-0.2, 0) is 17.8 Å². The Morgan fingerprint density at radius 1 is 1.47 bits per heavy atom. The van der Waals surface area contributed by atoms with E-state index in [9.17, 15) is 4.79 Å². The molecule has 1 N–H and O–H groups in total. The molecule has 0 aliphatic carbocycles. The first-order valence-corrected chi connectivity index (χ1v) is 6.80. The number of hydrogen-bond donors (Lipinski definition) is 1. The lowest BCUT2D eigenvalue weighted by Gasteiger charge is -2.05. The van der Waals surface area contributed by atoms with Crippen molar-refractivity contribution in [1.82, 2.24) is 10.3 Å². The van der Waals surface area contributed by atoms with Crippen molar-refractivity contribution in [3.63, 3.8) is 0 Å². The molecule has 0 atom stereocenters. The van der Waals surface area contributed by atoms with Crippen molar-refractivity contribution in [2.75, 3.05) is 7.11 Å². The van der Waals surface area contributed by atoms with Crippen LogP contribution in [0.15, 0.2) is 30.5 Å². The van der Waals surface area contributed by atoms with Gasteiger partial charge in [-0.3, -0.25) is 4.79 Å². The summed E-state index contributed by atoms with van der Waals surface area (Å²) in [4.78, 5) is 17.0. The number of rotatable bonds is 5. The molecule has 0 saturated heterocycles. The van der Waals surface area contributed by atoms with Gasteiger partial charge in [0, 0.05) is 11.1 Å². The van der Waals surface area contributed by atoms with E-state index in [1.165, 1.54) is 0 Å². The number of aryl methyl sites for hydroxylation is 1. The third kappa shape index (κ3) is 4.06. The zero-order valence-corrected chi connectivity index (χ0v) is 11.8. The van der Waals surface area contributed by atoms with Crippen LogP contribution >= 0.6 is 11.3 Å². The molecule has 0 bridgehead atoms. The summed E-state index contributed by atoms with van der Waals surface area (Å²) in [6.45, 7) is 2.49. The Balaban J connectivity index is 1.86. The number of benzene rings is 1. The average molecular weight is 276 g/mol. The van der Waals surface area contributed by atoms with E-state index in [1.54, 1.807) is 24.6 Å². The Hall–Kier alpha value is -1.88. The molecule has 1 heterocycles. The highest BCUT2D eigenvalue weighted by atomic mass is 32.1. The first kappa shape index (κ1) is 13.5. The zero-order valence-electron chi connectivity index (χ0n) is 11.0. The molecule has 0 unspecified atom stereocenters. The molecule has 2 rings (SSSR count). The summed E-state index contributed by atoms with van der Waals surface area (Å²) < 4.78 is 5.13. The lowest BCUT2D eigenvalue weighted by molar-refractivity contribution is -0.120. The predicted molar refractivity (Wildman–Crippen MR) is 75.4 cm³/mol. The third-order valence-corrected chi connectivity index (χ3v) is 3.54. The van der Waals surface area contributed by atoms with E-state index in [0.29, 0.717) is 13.0 Å². The second kappa shape index (κ2) is 6.33. The van der Waals surface area contributed by atoms with Crippen LogP contribution in [0.4, 0.5) is 0 Å². The maximum atomic E-state index is 11.8. The van der Waals surface area contributed by atoms with Crippen LogP contribution in [0.5, 0.6) is 5.75 Å². The average Bonchev–Trinajstić information content (AvgIpc) is 2.82. The highest BCUT2D eigenvalue weighted by molar-refractivity contribution is 7.11. The van der Waals surface area contributed by atoms with E-state index >= 15 is 0 Å². The summed E-state index contributed by atoms with van der Waals surface area (Å²) in [6.07, 6.45) is 2.15. The van der Waals surface area contributed by atoms with Crippen molar-refractivity contribution in [1.29, 1.82) is 0 Å². The molecule has 0 aliphatic rings. The number of hydrogen-bond acceptors (Lipinski definition) is 4. The van der Waals surface area contributed by atoms with Gasteiger partial charge in [0.2, 0.25) is 5.91 Å². The van der Waals surface area contributed by atoms with E-state index < -0.39 is 0 Å². The topological polar surface area (TPSA) is 51.2 Å². The molecule has 19 heavy (non-hydrogen) atoms. The first-order chi connectivity index (χ1) is 9.17. The molecule has 100 valence electrons. The Morgan fingerprint density at radius 2 is 2.32 bits per heavy atom. The Kier molecular flexibility index (Phi) is 4.52. The molecule has 1 aromatic carbocycles. The molecule has 0 radical (unpaired) electrons. The lowest BCUT2D eigenvalue weighted by atomic mass is 10.1. The fourth-order valence-corrected chi connectivity index (χ4v) is 2.44. The normalized spacial score (nSPS) is 10.2. The number of aromatic nitrogens is 1. The van der Waals surface area contributed by atoms with Gasteiger partial charge in [-0.25, -0.2) is 4.98 Å². The van der Waals surface area contributed by atoms with Gasteiger partial charge in [-0.2, -0.15) is 0 Å². The van der Waals surface area contributed by atoms with Crippen LogP contribution in [0.2, 0.25) is 0 Å². The van der Waals surface area contributed by atoms with E-state index in [-0.39, 0.29) is 5.91 Å². The molecule has 0 saturated carbocycles. The number of carbonyl (C=O) groups is 1. The summed E-state index contributed by atoms with van der Waals surface area (Å²) in [7, 11) is 1.62. The standard InChI is InChI=1S/C14H16N2O2S/c1-10-15-8-13(19-10)9-16-14(17)7-11-4-3-5-12(6-11)18-2/h3-6,8H,7,9H2,1-2H3,(H,16,17). The number of ether oxygens (including phenoxy) is 1. The maximum absolute atomic E-state index is 11.8. The van der Waals surface area contributed by atoms with Crippen LogP contribution in [0, 0.1) is 6.92 Å².